The third-order valence-electron chi connectivity index (χ3n) is 6.91. The minimum Gasteiger partial charge on any atom is -0.451 e. The Kier molecular flexibility index (Phi) is 6.62. The molecule has 0 saturated carbocycles. The molecule has 0 spiro atoms. The van der Waals surface area contributed by atoms with E-state index in [-0.39, 0.29) is 22.6 Å². The summed E-state index contributed by atoms with van der Waals surface area (Å²) in [6.07, 6.45) is 3.35. The molecule has 5 rings (SSSR count). The Bertz CT molecular complexity index is 1290. The second-order valence-corrected chi connectivity index (χ2v) is 11.2. The van der Waals surface area contributed by atoms with E-state index in [1.54, 1.807) is 23.1 Å². The Balaban J connectivity index is 1.11. The van der Waals surface area contributed by atoms with Crippen LogP contribution in [-0.2, 0) is 10.0 Å². The van der Waals surface area contributed by atoms with Crippen molar-refractivity contribution in [3.8, 4) is 0 Å². The quantitative estimate of drug-likeness (QED) is 0.564. The van der Waals surface area contributed by atoms with Crippen LogP contribution in [0.2, 0.25) is 0 Å². The summed E-state index contributed by atoms with van der Waals surface area (Å²) in [5.41, 5.74) is 1.14. The number of furan rings is 1. The van der Waals surface area contributed by atoms with E-state index in [4.69, 9.17) is 4.42 Å². The van der Waals surface area contributed by atoms with E-state index in [1.165, 1.54) is 16.4 Å². The Hall–Kier alpha value is -3.17. The van der Waals surface area contributed by atoms with Crippen LogP contribution in [0, 0.1) is 5.92 Å². The van der Waals surface area contributed by atoms with Gasteiger partial charge in [0.15, 0.2) is 5.76 Å². The van der Waals surface area contributed by atoms with Crippen molar-refractivity contribution in [1.29, 1.82) is 0 Å². The lowest BCUT2D eigenvalue weighted by molar-refractivity contribution is 0.0655. The number of hydrogen-bond acceptors (Lipinski definition) is 5. The molecule has 3 heterocycles. The number of fused-ring (bicyclic) bond motifs is 1. The van der Waals surface area contributed by atoms with E-state index in [2.05, 4.69) is 5.32 Å². The first-order chi connectivity index (χ1) is 16.9. The highest BCUT2D eigenvalue weighted by Gasteiger charge is 2.28. The Morgan fingerprint density at radius 3 is 2.31 bits per heavy atom. The predicted molar refractivity (Wildman–Crippen MR) is 132 cm³/mol. The highest BCUT2D eigenvalue weighted by molar-refractivity contribution is 7.89. The first-order valence-electron chi connectivity index (χ1n) is 12.1. The van der Waals surface area contributed by atoms with Gasteiger partial charge in [0.25, 0.3) is 11.8 Å². The molecule has 2 saturated heterocycles. The van der Waals surface area contributed by atoms with Crippen molar-refractivity contribution in [1.82, 2.24) is 14.5 Å². The molecule has 0 unspecified atom stereocenters. The van der Waals surface area contributed by atoms with Crippen molar-refractivity contribution in [2.45, 2.75) is 30.6 Å². The number of para-hydroxylation sites is 1. The van der Waals surface area contributed by atoms with Gasteiger partial charge in [-0.3, -0.25) is 9.59 Å². The summed E-state index contributed by atoms with van der Waals surface area (Å²) in [6, 6.07) is 15.5. The number of benzene rings is 2. The van der Waals surface area contributed by atoms with Gasteiger partial charge in [0, 0.05) is 43.7 Å². The monoisotopic (exact) mass is 495 g/mol. The first kappa shape index (κ1) is 23.6. The van der Waals surface area contributed by atoms with Gasteiger partial charge in [-0.25, -0.2) is 8.42 Å². The van der Waals surface area contributed by atoms with E-state index in [9.17, 15) is 18.0 Å². The molecule has 184 valence electrons. The Morgan fingerprint density at radius 2 is 1.63 bits per heavy atom. The summed E-state index contributed by atoms with van der Waals surface area (Å²) < 4.78 is 32.5. The zero-order chi connectivity index (χ0) is 24.4. The number of hydrogen-bond donors (Lipinski definition) is 1. The molecule has 1 aromatic heterocycles. The van der Waals surface area contributed by atoms with Gasteiger partial charge in [-0.2, -0.15) is 4.31 Å². The number of likely N-dealkylation sites (tertiary alicyclic amines) is 1. The lowest BCUT2D eigenvalue weighted by Gasteiger charge is -2.31. The molecular weight excluding hydrogens is 466 g/mol. The van der Waals surface area contributed by atoms with E-state index in [0.717, 1.165) is 31.1 Å². The van der Waals surface area contributed by atoms with Crippen molar-refractivity contribution in [2.75, 3.05) is 32.7 Å². The molecule has 2 aliphatic rings. The fourth-order valence-electron chi connectivity index (χ4n) is 4.78. The fourth-order valence-corrected chi connectivity index (χ4v) is 6.30. The van der Waals surface area contributed by atoms with Gasteiger partial charge >= 0.3 is 0 Å². The molecule has 35 heavy (non-hydrogen) atoms. The highest BCUT2D eigenvalue weighted by Crippen LogP contribution is 2.24. The summed E-state index contributed by atoms with van der Waals surface area (Å²) in [6.45, 7) is 2.83. The maximum atomic E-state index is 12.8. The summed E-state index contributed by atoms with van der Waals surface area (Å²) in [4.78, 5) is 27.4. The number of carbonyl (C=O) groups is 2. The van der Waals surface area contributed by atoms with Crippen LogP contribution in [-0.4, -0.2) is 62.2 Å². The Morgan fingerprint density at radius 1 is 0.943 bits per heavy atom. The van der Waals surface area contributed by atoms with Crippen molar-refractivity contribution < 1.29 is 22.4 Å². The molecule has 8 nitrogen and oxygen atoms in total. The number of rotatable bonds is 6. The molecule has 0 aliphatic carbocycles. The highest BCUT2D eigenvalue weighted by atomic mass is 32.2. The molecule has 9 heteroatoms. The SMILES string of the molecule is O=C(NCC1CCN(C(=O)c2cc3ccccc3o2)CC1)c1ccc(S(=O)(=O)N2CCCC2)cc1. The third-order valence-corrected chi connectivity index (χ3v) is 8.82. The minimum atomic E-state index is -3.49. The maximum absolute atomic E-state index is 12.8. The number of nitrogens with one attached hydrogen (secondary N) is 1. The summed E-state index contributed by atoms with van der Waals surface area (Å²) >= 11 is 0. The lowest BCUT2D eigenvalue weighted by Crippen LogP contribution is -2.41. The van der Waals surface area contributed by atoms with E-state index >= 15 is 0 Å². The largest absolute Gasteiger partial charge is 0.451 e. The van der Waals surface area contributed by atoms with Crippen LogP contribution in [0.25, 0.3) is 11.0 Å². The molecule has 1 N–H and O–H groups in total. The van der Waals surface area contributed by atoms with Crippen LogP contribution in [0.1, 0.15) is 46.6 Å². The van der Waals surface area contributed by atoms with Crippen molar-refractivity contribution in [3.63, 3.8) is 0 Å². The molecule has 0 bridgehead atoms. The number of carbonyl (C=O) groups excluding carboxylic acids is 2. The number of piperidine rings is 1. The molecule has 3 aromatic rings. The van der Waals surface area contributed by atoms with Gasteiger partial charge < -0.3 is 14.6 Å². The molecule has 0 atom stereocenters. The van der Waals surface area contributed by atoms with Crippen LogP contribution in [0.5, 0.6) is 0 Å². The zero-order valence-electron chi connectivity index (χ0n) is 19.5. The van der Waals surface area contributed by atoms with Gasteiger partial charge in [-0.05, 0) is 68.0 Å². The van der Waals surface area contributed by atoms with Gasteiger partial charge in [0.2, 0.25) is 10.0 Å². The number of amides is 2. The Labute approximate surface area is 204 Å². The second kappa shape index (κ2) is 9.83. The summed E-state index contributed by atoms with van der Waals surface area (Å²) in [5.74, 6) is 0.296. The normalized spacial score (nSPS) is 17.7. The van der Waals surface area contributed by atoms with Gasteiger partial charge in [-0.15, -0.1) is 0 Å². The van der Waals surface area contributed by atoms with E-state index in [0.29, 0.717) is 49.6 Å². The number of sulfonamides is 1. The van der Waals surface area contributed by atoms with Crippen molar-refractivity contribution in [2.24, 2.45) is 5.92 Å². The predicted octanol–water partition coefficient (Wildman–Crippen LogP) is 3.50. The van der Waals surface area contributed by atoms with Crippen LogP contribution < -0.4 is 5.32 Å². The average Bonchev–Trinajstić information content (AvgIpc) is 3.58. The fraction of sp³-hybridized carbons (Fsp3) is 0.385. The summed E-state index contributed by atoms with van der Waals surface area (Å²) in [5, 5.41) is 3.87. The van der Waals surface area contributed by atoms with Crippen molar-refractivity contribution in [3.05, 3.63) is 65.9 Å². The van der Waals surface area contributed by atoms with Crippen LogP contribution >= 0.6 is 0 Å². The standard InChI is InChI=1S/C26H29N3O5S/c30-25(20-7-9-22(10-8-20)35(32,33)29-13-3-4-14-29)27-18-19-11-15-28(16-12-19)26(31)24-17-21-5-1-2-6-23(21)34-24/h1-2,5-10,17,19H,3-4,11-16,18H2,(H,27,30). The maximum Gasteiger partial charge on any atom is 0.289 e. The van der Waals surface area contributed by atoms with Crippen LogP contribution in [0.4, 0.5) is 0 Å². The van der Waals surface area contributed by atoms with Crippen LogP contribution in [0.15, 0.2) is 63.9 Å². The molecule has 2 fully saturated rings. The van der Waals surface area contributed by atoms with Gasteiger partial charge in [0.05, 0.1) is 4.90 Å². The second-order valence-electron chi connectivity index (χ2n) is 9.23. The summed E-state index contributed by atoms with van der Waals surface area (Å²) in [7, 11) is -3.49. The van der Waals surface area contributed by atoms with Gasteiger partial charge in [0.1, 0.15) is 5.58 Å². The molecule has 2 aliphatic heterocycles. The number of nitrogens with zero attached hydrogens (tertiary/aromatic N) is 2. The molecule has 2 amide bonds. The first-order valence-corrected chi connectivity index (χ1v) is 13.5. The van der Waals surface area contributed by atoms with E-state index in [1.807, 2.05) is 24.3 Å². The average molecular weight is 496 g/mol. The lowest BCUT2D eigenvalue weighted by atomic mass is 9.96. The minimum absolute atomic E-state index is 0.104. The molecule has 2 aromatic carbocycles. The van der Waals surface area contributed by atoms with E-state index < -0.39 is 10.0 Å². The zero-order valence-corrected chi connectivity index (χ0v) is 20.3. The van der Waals surface area contributed by atoms with Crippen molar-refractivity contribution >= 4 is 32.8 Å². The smallest absolute Gasteiger partial charge is 0.289 e. The molecule has 0 radical (unpaired) electrons. The van der Waals surface area contributed by atoms with Gasteiger partial charge in [-0.1, -0.05) is 18.2 Å². The molecular formula is C26H29N3O5S. The third kappa shape index (κ3) is 4.97. The topological polar surface area (TPSA) is 99.9 Å². The van der Waals surface area contributed by atoms with Crippen LogP contribution in [0.3, 0.4) is 0 Å².